The number of hydrogen-bond acceptors (Lipinski definition) is 1. The second-order valence-electron chi connectivity index (χ2n) is 6.54. The summed E-state index contributed by atoms with van der Waals surface area (Å²) in [5.74, 6) is 0.623. The van der Waals surface area contributed by atoms with Gasteiger partial charge >= 0.3 is 0 Å². The smallest absolute Gasteiger partial charge is 0.0849 e. The van der Waals surface area contributed by atoms with Crippen LogP contribution in [0.5, 0.6) is 0 Å². The molecule has 1 nitrogen and oxygen atoms in total. The van der Waals surface area contributed by atoms with Crippen LogP contribution in [0.15, 0.2) is 22.8 Å². The summed E-state index contributed by atoms with van der Waals surface area (Å²) >= 11 is 0. The average molecular weight is 218 g/mol. The molecular formula is C15H22O. The van der Waals surface area contributed by atoms with Gasteiger partial charge in [-0.1, -0.05) is 32.4 Å². The molecule has 0 saturated heterocycles. The molecule has 1 spiro atoms. The van der Waals surface area contributed by atoms with Crippen molar-refractivity contribution in [2.75, 3.05) is 0 Å². The second-order valence-corrected chi connectivity index (χ2v) is 6.54. The van der Waals surface area contributed by atoms with Crippen LogP contribution in [0.3, 0.4) is 0 Å². The molecule has 0 aromatic heterocycles. The van der Waals surface area contributed by atoms with E-state index < -0.39 is 0 Å². The molecule has 0 aromatic rings. The Labute approximate surface area is 98.2 Å². The van der Waals surface area contributed by atoms with Crippen LogP contribution in [0, 0.1) is 16.7 Å². The Morgan fingerprint density at radius 1 is 1.31 bits per heavy atom. The van der Waals surface area contributed by atoms with Crippen molar-refractivity contribution in [3.63, 3.8) is 0 Å². The van der Waals surface area contributed by atoms with Gasteiger partial charge in [0.2, 0.25) is 0 Å². The molecule has 16 heavy (non-hydrogen) atoms. The topological polar surface area (TPSA) is 20.2 Å². The van der Waals surface area contributed by atoms with Crippen LogP contribution < -0.4 is 0 Å². The number of aliphatic hydroxyl groups is 1. The van der Waals surface area contributed by atoms with Crippen LogP contribution in [-0.4, -0.2) is 11.2 Å². The fourth-order valence-corrected chi connectivity index (χ4v) is 4.20. The molecular weight excluding hydrogens is 196 g/mol. The zero-order chi connectivity index (χ0) is 11.7. The Balaban J connectivity index is 2.21. The highest BCUT2D eigenvalue weighted by Gasteiger charge is 2.62. The van der Waals surface area contributed by atoms with E-state index in [9.17, 15) is 5.11 Å². The summed E-state index contributed by atoms with van der Waals surface area (Å²) in [4.78, 5) is 0. The number of fused-ring (bicyclic) bond motifs is 1. The van der Waals surface area contributed by atoms with Crippen molar-refractivity contribution in [1.82, 2.24) is 0 Å². The Hall–Kier alpha value is -0.560. The summed E-state index contributed by atoms with van der Waals surface area (Å²) < 4.78 is 0. The summed E-state index contributed by atoms with van der Waals surface area (Å²) in [6.07, 6.45) is 5.67. The predicted molar refractivity (Wildman–Crippen MR) is 66.0 cm³/mol. The van der Waals surface area contributed by atoms with Crippen molar-refractivity contribution in [3.8, 4) is 0 Å². The number of hydrogen-bond donors (Lipinski definition) is 1. The van der Waals surface area contributed by atoms with Crippen molar-refractivity contribution in [2.45, 2.75) is 53.1 Å². The van der Waals surface area contributed by atoms with Crippen molar-refractivity contribution < 1.29 is 5.11 Å². The minimum atomic E-state index is -0.251. The average Bonchev–Trinajstić information content (AvgIpc) is 2.95. The molecule has 3 rings (SSSR count). The van der Waals surface area contributed by atoms with Gasteiger partial charge in [0.05, 0.1) is 6.10 Å². The van der Waals surface area contributed by atoms with Gasteiger partial charge in [-0.15, -0.1) is 0 Å². The molecule has 1 saturated carbocycles. The first-order chi connectivity index (χ1) is 7.42. The van der Waals surface area contributed by atoms with E-state index in [4.69, 9.17) is 0 Å². The van der Waals surface area contributed by atoms with Gasteiger partial charge in [-0.3, -0.25) is 0 Å². The highest BCUT2D eigenvalue weighted by molar-refractivity contribution is 5.52. The third-order valence-corrected chi connectivity index (χ3v) is 5.58. The highest BCUT2D eigenvalue weighted by Crippen LogP contribution is 2.69. The van der Waals surface area contributed by atoms with Crippen LogP contribution >= 0.6 is 0 Å². The summed E-state index contributed by atoms with van der Waals surface area (Å²) in [6, 6.07) is 0. The molecule has 88 valence electrons. The number of rotatable bonds is 0. The second kappa shape index (κ2) is 2.81. The summed E-state index contributed by atoms with van der Waals surface area (Å²) in [7, 11) is 0. The molecule has 3 aliphatic rings. The molecule has 0 heterocycles. The first-order valence-electron chi connectivity index (χ1n) is 6.51. The van der Waals surface area contributed by atoms with E-state index in [1.807, 2.05) is 0 Å². The van der Waals surface area contributed by atoms with E-state index in [1.54, 1.807) is 5.57 Å². The van der Waals surface area contributed by atoms with Gasteiger partial charge in [0.1, 0.15) is 0 Å². The molecule has 0 radical (unpaired) electrons. The third-order valence-electron chi connectivity index (χ3n) is 5.58. The monoisotopic (exact) mass is 218 g/mol. The van der Waals surface area contributed by atoms with E-state index in [0.29, 0.717) is 11.3 Å². The largest absolute Gasteiger partial charge is 0.388 e. The van der Waals surface area contributed by atoms with Crippen molar-refractivity contribution in [3.05, 3.63) is 22.8 Å². The van der Waals surface area contributed by atoms with Crippen molar-refractivity contribution in [2.24, 2.45) is 16.7 Å². The predicted octanol–water partition coefficient (Wildman–Crippen LogP) is 3.45. The molecule has 0 bridgehead atoms. The van der Waals surface area contributed by atoms with E-state index >= 15 is 0 Å². The van der Waals surface area contributed by atoms with Gasteiger partial charge in [-0.25, -0.2) is 0 Å². The zero-order valence-corrected chi connectivity index (χ0v) is 10.8. The Kier molecular flexibility index (Phi) is 1.86. The first kappa shape index (κ1) is 10.6. The molecule has 3 aliphatic carbocycles. The van der Waals surface area contributed by atoms with Gasteiger partial charge in [-0.05, 0) is 48.7 Å². The van der Waals surface area contributed by atoms with Crippen LogP contribution in [-0.2, 0) is 0 Å². The number of aliphatic hydroxyl groups excluding tert-OH is 1. The summed E-state index contributed by atoms with van der Waals surface area (Å²) in [5.41, 5.74) is 4.66. The lowest BCUT2D eigenvalue weighted by molar-refractivity contribution is 0.0266. The Morgan fingerprint density at radius 3 is 2.50 bits per heavy atom. The quantitative estimate of drug-likeness (QED) is 0.660. The van der Waals surface area contributed by atoms with Gasteiger partial charge in [0.25, 0.3) is 0 Å². The zero-order valence-electron chi connectivity index (χ0n) is 10.8. The molecule has 1 N–H and O–H groups in total. The maximum Gasteiger partial charge on any atom is 0.0849 e. The van der Waals surface area contributed by atoms with Crippen LogP contribution in [0.2, 0.25) is 0 Å². The molecule has 0 amide bonds. The SMILES string of the molecule is CC1=C2C(=CCC2C)C(O)C(C)(C)C12CC2. The van der Waals surface area contributed by atoms with Gasteiger partial charge < -0.3 is 5.11 Å². The molecule has 1 fully saturated rings. The number of allylic oxidation sites excluding steroid dienone is 2. The summed E-state index contributed by atoms with van der Waals surface area (Å²) in [5, 5.41) is 10.6. The van der Waals surface area contributed by atoms with Gasteiger partial charge in [0.15, 0.2) is 0 Å². The normalized spacial score (nSPS) is 38.7. The van der Waals surface area contributed by atoms with E-state index in [0.717, 1.165) is 6.42 Å². The molecule has 0 aliphatic heterocycles. The lowest BCUT2D eigenvalue weighted by Gasteiger charge is -2.46. The van der Waals surface area contributed by atoms with E-state index in [1.165, 1.54) is 24.0 Å². The van der Waals surface area contributed by atoms with Gasteiger partial charge in [-0.2, -0.15) is 0 Å². The van der Waals surface area contributed by atoms with Crippen LogP contribution in [0.1, 0.15) is 47.0 Å². The van der Waals surface area contributed by atoms with Crippen molar-refractivity contribution >= 4 is 0 Å². The van der Waals surface area contributed by atoms with Gasteiger partial charge in [0, 0.05) is 5.41 Å². The third kappa shape index (κ3) is 0.964. The minimum Gasteiger partial charge on any atom is -0.388 e. The van der Waals surface area contributed by atoms with E-state index in [2.05, 4.69) is 33.8 Å². The minimum absolute atomic E-state index is 0.0243. The molecule has 1 heteroatoms. The fraction of sp³-hybridized carbons (Fsp3) is 0.733. The Morgan fingerprint density at radius 2 is 1.94 bits per heavy atom. The molecule has 0 aromatic carbocycles. The fourth-order valence-electron chi connectivity index (χ4n) is 4.20. The highest BCUT2D eigenvalue weighted by atomic mass is 16.3. The Bertz CT molecular complexity index is 407. The van der Waals surface area contributed by atoms with Crippen LogP contribution in [0.25, 0.3) is 0 Å². The van der Waals surface area contributed by atoms with Crippen molar-refractivity contribution in [1.29, 1.82) is 0 Å². The summed E-state index contributed by atoms with van der Waals surface area (Å²) in [6.45, 7) is 9.10. The standard InChI is InChI=1S/C15H22O/c1-9-5-6-11-12(9)10(2)15(7-8-15)14(3,4)13(11)16/h6,9,13,16H,5,7-8H2,1-4H3. The molecule has 2 unspecified atom stereocenters. The maximum atomic E-state index is 10.6. The maximum absolute atomic E-state index is 10.6. The lowest BCUT2D eigenvalue weighted by atomic mass is 9.60. The van der Waals surface area contributed by atoms with Crippen LogP contribution in [0.4, 0.5) is 0 Å². The molecule has 2 atom stereocenters. The first-order valence-corrected chi connectivity index (χ1v) is 6.51. The lowest BCUT2D eigenvalue weighted by Crippen LogP contribution is -2.44. The van der Waals surface area contributed by atoms with E-state index in [-0.39, 0.29) is 11.5 Å².